The Morgan fingerprint density at radius 1 is 0.479 bits per heavy atom. The normalized spacial score (nSPS) is 13.9. The van der Waals surface area contributed by atoms with Crippen molar-refractivity contribution in [1.29, 1.82) is 0 Å². The molecular weight excluding hydrogens is 935 g/mol. The molecule has 71 heavy (non-hydrogen) atoms. The van der Waals surface area contributed by atoms with Crippen molar-refractivity contribution in [2.75, 3.05) is 0 Å². The van der Waals surface area contributed by atoms with Crippen LogP contribution in [0.4, 0.5) is 0 Å². The molecule has 1 aromatic heterocycles. The number of rotatable bonds is 32. The van der Waals surface area contributed by atoms with Gasteiger partial charge < -0.3 is 68.8 Å². The minimum absolute atomic E-state index is 0.217. The van der Waals surface area contributed by atoms with E-state index in [9.17, 15) is 72.9 Å². The number of amides is 7. The number of fused-ring (bicyclic) bond motifs is 1. The highest BCUT2D eigenvalue weighted by molar-refractivity contribution is 5.98. The topological polar surface area (TPSA) is 426 Å². The van der Waals surface area contributed by atoms with Gasteiger partial charge in [-0.15, -0.1) is 0 Å². The Balaban J connectivity index is 1.98. The number of Topliss-reactive ketones (excluding diaryl/α,β-unsaturated/α-hetero) is 1. The van der Waals surface area contributed by atoms with E-state index in [4.69, 9.17) is 16.6 Å². The van der Waals surface area contributed by atoms with Crippen molar-refractivity contribution in [2.45, 2.75) is 126 Å². The van der Waals surface area contributed by atoms with E-state index in [1.807, 2.05) is 0 Å². The van der Waals surface area contributed by atoms with E-state index in [2.05, 4.69) is 36.9 Å². The van der Waals surface area contributed by atoms with Crippen molar-refractivity contribution in [3.63, 3.8) is 0 Å². The molecule has 2 aromatic carbocycles. The lowest BCUT2D eigenvalue weighted by molar-refractivity contribution is -0.139. The predicted octanol–water partition coefficient (Wildman–Crippen LogP) is -1.50. The van der Waals surface area contributed by atoms with E-state index < -0.39 is 165 Å². The number of carboxylic acids is 4. The number of ketones is 1. The lowest BCUT2D eigenvalue weighted by Crippen LogP contribution is -2.60. The molecule has 0 bridgehead atoms. The van der Waals surface area contributed by atoms with Crippen LogP contribution in [0.15, 0.2) is 60.8 Å². The van der Waals surface area contributed by atoms with Crippen LogP contribution in [-0.4, -0.2) is 139 Å². The highest BCUT2D eigenvalue weighted by Crippen LogP contribution is 2.20. The van der Waals surface area contributed by atoms with Crippen LogP contribution in [0.25, 0.3) is 10.9 Å². The average molecular weight is 994 g/mol. The second-order valence-electron chi connectivity index (χ2n) is 16.6. The van der Waals surface area contributed by atoms with Crippen LogP contribution in [-0.2, 0) is 70.4 Å². The number of benzene rings is 2. The summed E-state index contributed by atoms with van der Waals surface area (Å²) in [7, 11) is 0. The van der Waals surface area contributed by atoms with Gasteiger partial charge in [0.15, 0.2) is 5.78 Å². The third-order valence-electron chi connectivity index (χ3n) is 11.0. The molecule has 0 saturated heterocycles. The first-order chi connectivity index (χ1) is 33.5. The molecule has 0 unspecified atom stereocenters. The fourth-order valence-electron chi connectivity index (χ4n) is 7.11. The van der Waals surface area contributed by atoms with Crippen molar-refractivity contribution in [3.05, 3.63) is 71.9 Å². The highest BCUT2D eigenvalue weighted by atomic mass is 16.4. The molecular formula is C46H59N9O16. The van der Waals surface area contributed by atoms with E-state index in [-0.39, 0.29) is 25.7 Å². The summed E-state index contributed by atoms with van der Waals surface area (Å²) in [5, 5.41) is 52.5. The zero-order valence-corrected chi connectivity index (χ0v) is 38.6. The van der Waals surface area contributed by atoms with Gasteiger partial charge in [0, 0.05) is 62.0 Å². The van der Waals surface area contributed by atoms with Gasteiger partial charge in [0.05, 0.1) is 12.1 Å². The molecule has 0 aliphatic carbocycles. The SMILES string of the molecule is CC(=O)[C@H](CCC(=O)O)NC(=O)[C@H](Cc1c[nH]c2ccccc12)NC(=O)[C@H](CCC(=O)O)NC(=O)[C@H](Cc1ccccc1)NC(=O)[C@H](CCC(=O)O)NC(=O)[C@H](CCC(N)=O)NC(=O)[C@@H](N)CCC(=O)O. The maximum Gasteiger partial charge on any atom is 0.303 e. The number of nitrogens with one attached hydrogen (secondary N) is 7. The number of hydrogen-bond donors (Lipinski definition) is 13. The molecule has 0 spiro atoms. The van der Waals surface area contributed by atoms with Gasteiger partial charge in [-0.1, -0.05) is 48.5 Å². The second-order valence-corrected chi connectivity index (χ2v) is 16.6. The zero-order valence-electron chi connectivity index (χ0n) is 38.6. The first-order valence-corrected chi connectivity index (χ1v) is 22.4. The second kappa shape index (κ2) is 28.3. The lowest BCUT2D eigenvalue weighted by Gasteiger charge is -2.27. The molecule has 384 valence electrons. The summed E-state index contributed by atoms with van der Waals surface area (Å²) in [6.07, 6.45) is -4.02. The number of H-pyrrole nitrogens is 1. The molecule has 0 saturated carbocycles. The average Bonchev–Trinajstić information content (AvgIpc) is 3.72. The summed E-state index contributed by atoms with van der Waals surface area (Å²) in [6.45, 7) is 1.14. The summed E-state index contributed by atoms with van der Waals surface area (Å²) < 4.78 is 0. The zero-order chi connectivity index (χ0) is 52.8. The largest absolute Gasteiger partial charge is 0.481 e. The maximum atomic E-state index is 14.3. The third kappa shape index (κ3) is 20.1. The summed E-state index contributed by atoms with van der Waals surface area (Å²) in [6, 6.07) is 4.09. The summed E-state index contributed by atoms with van der Waals surface area (Å²) in [4.78, 5) is 156. The van der Waals surface area contributed by atoms with E-state index in [1.54, 1.807) is 60.8 Å². The molecule has 0 fully saturated rings. The molecule has 3 rings (SSSR count). The van der Waals surface area contributed by atoms with E-state index >= 15 is 0 Å². The maximum absolute atomic E-state index is 14.3. The van der Waals surface area contributed by atoms with Crippen molar-refractivity contribution in [3.8, 4) is 0 Å². The Morgan fingerprint density at radius 3 is 1.34 bits per heavy atom. The number of carbonyl (C=O) groups is 12. The summed E-state index contributed by atoms with van der Waals surface area (Å²) in [5.41, 5.74) is 12.7. The Bertz CT molecular complexity index is 2430. The van der Waals surface area contributed by atoms with Crippen LogP contribution in [0.3, 0.4) is 0 Å². The van der Waals surface area contributed by atoms with Gasteiger partial charge in [-0.05, 0) is 56.2 Å². The van der Waals surface area contributed by atoms with E-state index in [0.29, 0.717) is 22.0 Å². The van der Waals surface area contributed by atoms with Gasteiger partial charge >= 0.3 is 23.9 Å². The number of aromatic nitrogens is 1. The first-order valence-electron chi connectivity index (χ1n) is 22.4. The molecule has 3 aromatic rings. The number of primary amides is 1. The monoisotopic (exact) mass is 993 g/mol. The number of hydrogen-bond acceptors (Lipinski definition) is 13. The number of para-hydroxylation sites is 1. The van der Waals surface area contributed by atoms with Gasteiger partial charge in [0.2, 0.25) is 41.4 Å². The minimum Gasteiger partial charge on any atom is -0.481 e. The van der Waals surface area contributed by atoms with Gasteiger partial charge in [-0.3, -0.25) is 57.5 Å². The Kier molecular flexibility index (Phi) is 22.8. The van der Waals surface area contributed by atoms with Crippen LogP contribution >= 0.6 is 0 Å². The molecule has 0 aliphatic heterocycles. The fourth-order valence-corrected chi connectivity index (χ4v) is 7.11. The number of nitrogens with two attached hydrogens (primary N) is 2. The Hall–Kier alpha value is -8.22. The quantitative estimate of drug-likeness (QED) is 0.0339. The van der Waals surface area contributed by atoms with Crippen molar-refractivity contribution in [1.82, 2.24) is 36.9 Å². The standard InChI is InChI=1S/C46H59N9O16/c1-24(56)29(13-18-38(60)61)50-46(71)35(22-26-23-49-30-10-6-5-9-27(26)30)55-44(69)33(15-20-40(64)65)53-45(70)34(21-25-7-3-2-4-8-25)54-43(68)32(14-19-39(62)63)52-42(67)31(12-16-36(48)57)51-41(66)28(47)11-17-37(58)59/h2-10,23,28-29,31-35,49H,11-22,47H2,1H3,(H2,48,57)(H,50,71)(H,51,66)(H,52,67)(H,53,70)(H,54,68)(H,55,69)(H,58,59)(H,60,61)(H,62,63)(H,64,65)/t28-,29-,31-,32-,33-,34-,35-/m0/s1. The van der Waals surface area contributed by atoms with Gasteiger partial charge in [-0.2, -0.15) is 0 Å². The van der Waals surface area contributed by atoms with Gasteiger partial charge in [0.25, 0.3) is 0 Å². The number of carboxylic acid groups (broad SMARTS) is 4. The van der Waals surface area contributed by atoms with E-state index in [0.717, 1.165) is 6.92 Å². The summed E-state index contributed by atoms with van der Waals surface area (Å²) in [5.74, 6) is -13.1. The van der Waals surface area contributed by atoms with Crippen LogP contribution in [0.5, 0.6) is 0 Å². The molecule has 0 aliphatic rings. The molecule has 1 heterocycles. The third-order valence-corrected chi connectivity index (χ3v) is 11.0. The smallest absolute Gasteiger partial charge is 0.303 e. The molecule has 25 heteroatoms. The first kappa shape index (κ1) is 57.1. The van der Waals surface area contributed by atoms with Crippen molar-refractivity contribution in [2.24, 2.45) is 11.5 Å². The number of aromatic amines is 1. The molecule has 15 N–H and O–H groups in total. The number of aliphatic carboxylic acids is 4. The minimum atomic E-state index is -1.75. The summed E-state index contributed by atoms with van der Waals surface area (Å²) >= 11 is 0. The van der Waals surface area contributed by atoms with Crippen LogP contribution < -0.4 is 43.4 Å². The number of carbonyl (C=O) groups excluding carboxylic acids is 8. The lowest BCUT2D eigenvalue weighted by atomic mass is 10.0. The Morgan fingerprint density at radius 2 is 0.859 bits per heavy atom. The molecule has 25 nitrogen and oxygen atoms in total. The van der Waals surface area contributed by atoms with Gasteiger partial charge in [0.1, 0.15) is 30.2 Å². The predicted molar refractivity (Wildman–Crippen MR) is 248 cm³/mol. The van der Waals surface area contributed by atoms with E-state index in [1.165, 1.54) is 0 Å². The Labute approximate surface area is 405 Å². The highest BCUT2D eigenvalue weighted by Gasteiger charge is 2.35. The van der Waals surface area contributed by atoms with Crippen molar-refractivity contribution >= 4 is 81.9 Å². The van der Waals surface area contributed by atoms with Crippen molar-refractivity contribution < 1.29 is 78.0 Å². The molecule has 7 atom stereocenters. The molecule has 7 amide bonds. The molecule has 0 radical (unpaired) electrons. The van der Waals surface area contributed by atoms with Crippen LogP contribution in [0.1, 0.15) is 82.3 Å². The van der Waals surface area contributed by atoms with Crippen LogP contribution in [0.2, 0.25) is 0 Å². The van der Waals surface area contributed by atoms with Crippen LogP contribution in [0, 0.1) is 0 Å². The van der Waals surface area contributed by atoms with Gasteiger partial charge in [-0.25, -0.2) is 0 Å². The fraction of sp³-hybridized carbons (Fsp3) is 0.435.